The minimum atomic E-state index is -2.46. The summed E-state index contributed by atoms with van der Waals surface area (Å²) in [5.74, 6) is -0.312. The standard InChI is InChI=1S/C7H12F2N2O/c8-6(9)4-11-7(12)5-2-1-3-10-5/h5-6,10H,1-4H2,(H,11,12)/t5-/m1/s1. The number of amides is 1. The summed E-state index contributed by atoms with van der Waals surface area (Å²) in [5.41, 5.74) is 0. The van der Waals surface area contributed by atoms with E-state index in [9.17, 15) is 13.6 Å². The summed E-state index contributed by atoms with van der Waals surface area (Å²) < 4.78 is 23.3. The summed E-state index contributed by atoms with van der Waals surface area (Å²) in [7, 11) is 0. The van der Waals surface area contributed by atoms with Gasteiger partial charge in [0.15, 0.2) is 0 Å². The van der Waals surface area contributed by atoms with Gasteiger partial charge in [0, 0.05) is 0 Å². The van der Waals surface area contributed by atoms with E-state index >= 15 is 0 Å². The highest BCUT2D eigenvalue weighted by atomic mass is 19.3. The maximum Gasteiger partial charge on any atom is 0.255 e. The SMILES string of the molecule is O=C(NCC(F)F)[C@H]1CCCN1. The molecule has 70 valence electrons. The number of nitrogens with one attached hydrogen (secondary N) is 2. The van der Waals surface area contributed by atoms with Crippen molar-refractivity contribution < 1.29 is 13.6 Å². The Morgan fingerprint density at radius 3 is 2.92 bits per heavy atom. The van der Waals surface area contributed by atoms with Crippen molar-refractivity contribution in [3.05, 3.63) is 0 Å². The van der Waals surface area contributed by atoms with Gasteiger partial charge in [-0.2, -0.15) is 0 Å². The summed E-state index contributed by atoms with van der Waals surface area (Å²) in [4.78, 5) is 11.0. The third-order valence-corrected chi connectivity index (χ3v) is 1.81. The zero-order valence-corrected chi connectivity index (χ0v) is 6.65. The second-order valence-corrected chi connectivity index (χ2v) is 2.79. The van der Waals surface area contributed by atoms with E-state index in [1.807, 2.05) is 0 Å². The van der Waals surface area contributed by atoms with E-state index in [1.165, 1.54) is 0 Å². The van der Waals surface area contributed by atoms with Crippen LogP contribution in [0.3, 0.4) is 0 Å². The quantitative estimate of drug-likeness (QED) is 0.644. The van der Waals surface area contributed by atoms with E-state index in [0.717, 1.165) is 19.4 Å². The van der Waals surface area contributed by atoms with Crippen LogP contribution >= 0.6 is 0 Å². The molecule has 0 spiro atoms. The first kappa shape index (κ1) is 9.38. The molecule has 0 aromatic heterocycles. The van der Waals surface area contributed by atoms with Crippen LogP contribution < -0.4 is 10.6 Å². The molecule has 0 unspecified atom stereocenters. The van der Waals surface area contributed by atoms with Gasteiger partial charge in [-0.15, -0.1) is 0 Å². The first-order valence-corrected chi connectivity index (χ1v) is 3.99. The topological polar surface area (TPSA) is 41.1 Å². The summed E-state index contributed by atoms with van der Waals surface area (Å²) in [6, 6.07) is -0.260. The van der Waals surface area contributed by atoms with Crippen LogP contribution in [0.25, 0.3) is 0 Å². The van der Waals surface area contributed by atoms with Gasteiger partial charge in [0.25, 0.3) is 6.43 Å². The maximum absolute atomic E-state index is 11.6. The van der Waals surface area contributed by atoms with Crippen LogP contribution in [0.5, 0.6) is 0 Å². The lowest BCUT2D eigenvalue weighted by atomic mass is 10.2. The van der Waals surface area contributed by atoms with Crippen molar-refractivity contribution in [2.24, 2.45) is 0 Å². The molecular weight excluding hydrogens is 166 g/mol. The van der Waals surface area contributed by atoms with Gasteiger partial charge in [0.1, 0.15) is 0 Å². The fourth-order valence-corrected chi connectivity index (χ4v) is 1.21. The molecule has 3 nitrogen and oxygen atoms in total. The average Bonchev–Trinajstić information content (AvgIpc) is 2.51. The second-order valence-electron chi connectivity index (χ2n) is 2.79. The summed E-state index contributed by atoms with van der Waals surface area (Å²) in [5, 5.41) is 5.10. The molecule has 1 saturated heterocycles. The monoisotopic (exact) mass is 178 g/mol. The molecule has 1 heterocycles. The molecule has 1 aliphatic heterocycles. The molecule has 0 aliphatic carbocycles. The Kier molecular flexibility index (Phi) is 3.40. The second kappa shape index (κ2) is 4.35. The molecule has 0 bridgehead atoms. The molecule has 1 amide bonds. The van der Waals surface area contributed by atoms with Crippen LogP contribution in [0.4, 0.5) is 8.78 Å². The van der Waals surface area contributed by atoms with E-state index in [2.05, 4.69) is 10.6 Å². The Balaban J connectivity index is 2.18. The third kappa shape index (κ3) is 2.73. The predicted molar refractivity (Wildman–Crippen MR) is 40.0 cm³/mol. The Labute approximate surface area is 69.5 Å². The normalized spacial score (nSPS) is 23.1. The van der Waals surface area contributed by atoms with Crippen LogP contribution in [0.1, 0.15) is 12.8 Å². The third-order valence-electron chi connectivity index (χ3n) is 1.81. The van der Waals surface area contributed by atoms with Crippen LogP contribution in [-0.2, 0) is 4.79 Å². The number of halogens is 2. The van der Waals surface area contributed by atoms with Crippen molar-refractivity contribution in [1.82, 2.24) is 10.6 Å². The molecule has 1 fully saturated rings. The van der Waals surface area contributed by atoms with Gasteiger partial charge < -0.3 is 10.6 Å². The maximum atomic E-state index is 11.6. The number of alkyl halides is 2. The predicted octanol–water partition coefficient (Wildman–Crippen LogP) is 0.120. The number of hydrogen-bond acceptors (Lipinski definition) is 2. The van der Waals surface area contributed by atoms with Gasteiger partial charge in [-0.3, -0.25) is 4.79 Å². The molecule has 0 aromatic rings. The summed E-state index contributed by atoms with van der Waals surface area (Å²) in [6.07, 6.45) is -0.780. The van der Waals surface area contributed by atoms with Crippen LogP contribution in [-0.4, -0.2) is 31.5 Å². The average molecular weight is 178 g/mol. The zero-order valence-electron chi connectivity index (χ0n) is 6.65. The van der Waals surface area contributed by atoms with Gasteiger partial charge in [0.2, 0.25) is 5.91 Å². The van der Waals surface area contributed by atoms with Gasteiger partial charge in [-0.1, -0.05) is 0 Å². The van der Waals surface area contributed by atoms with E-state index in [-0.39, 0.29) is 11.9 Å². The number of carbonyl (C=O) groups is 1. The smallest absolute Gasteiger partial charge is 0.255 e. The minimum absolute atomic E-state index is 0.260. The highest BCUT2D eigenvalue weighted by Crippen LogP contribution is 2.04. The molecule has 5 heteroatoms. The number of carbonyl (C=O) groups excluding carboxylic acids is 1. The molecule has 2 N–H and O–H groups in total. The lowest BCUT2D eigenvalue weighted by molar-refractivity contribution is -0.123. The Bertz CT molecular complexity index is 157. The largest absolute Gasteiger partial charge is 0.349 e. The first-order chi connectivity index (χ1) is 5.70. The Morgan fingerprint density at radius 1 is 1.67 bits per heavy atom. The molecular formula is C7H12F2N2O. The van der Waals surface area contributed by atoms with Crippen molar-refractivity contribution in [1.29, 1.82) is 0 Å². The zero-order chi connectivity index (χ0) is 8.97. The van der Waals surface area contributed by atoms with E-state index in [4.69, 9.17) is 0 Å². The molecule has 1 rings (SSSR count). The van der Waals surface area contributed by atoms with Crippen LogP contribution in [0, 0.1) is 0 Å². The van der Waals surface area contributed by atoms with E-state index in [1.54, 1.807) is 0 Å². The van der Waals surface area contributed by atoms with Gasteiger partial charge in [0.05, 0.1) is 12.6 Å². The highest BCUT2D eigenvalue weighted by Gasteiger charge is 2.21. The van der Waals surface area contributed by atoms with Crippen molar-refractivity contribution in [2.75, 3.05) is 13.1 Å². The summed E-state index contributed by atoms with van der Waals surface area (Å²) in [6.45, 7) is 0.254. The molecule has 12 heavy (non-hydrogen) atoms. The minimum Gasteiger partial charge on any atom is -0.349 e. The van der Waals surface area contributed by atoms with Gasteiger partial charge in [-0.05, 0) is 19.4 Å². The molecule has 1 aliphatic rings. The highest BCUT2D eigenvalue weighted by molar-refractivity contribution is 5.81. The van der Waals surface area contributed by atoms with E-state index < -0.39 is 13.0 Å². The lowest BCUT2D eigenvalue weighted by Gasteiger charge is -2.09. The molecule has 1 atom stereocenters. The Hall–Kier alpha value is -0.710. The van der Waals surface area contributed by atoms with Gasteiger partial charge in [-0.25, -0.2) is 8.78 Å². The molecule has 0 saturated carbocycles. The summed E-state index contributed by atoms with van der Waals surface area (Å²) >= 11 is 0. The molecule has 0 radical (unpaired) electrons. The lowest BCUT2D eigenvalue weighted by Crippen LogP contribution is -2.42. The van der Waals surface area contributed by atoms with Crippen LogP contribution in [0.2, 0.25) is 0 Å². The number of hydrogen-bond donors (Lipinski definition) is 2. The fraction of sp³-hybridized carbons (Fsp3) is 0.857. The van der Waals surface area contributed by atoms with Crippen LogP contribution in [0.15, 0.2) is 0 Å². The van der Waals surface area contributed by atoms with E-state index in [0.29, 0.717) is 0 Å². The van der Waals surface area contributed by atoms with Crippen molar-refractivity contribution in [3.8, 4) is 0 Å². The van der Waals surface area contributed by atoms with Gasteiger partial charge >= 0.3 is 0 Å². The fourth-order valence-electron chi connectivity index (χ4n) is 1.21. The first-order valence-electron chi connectivity index (χ1n) is 3.99. The Morgan fingerprint density at radius 2 is 2.42 bits per heavy atom. The van der Waals surface area contributed by atoms with Crippen molar-refractivity contribution in [2.45, 2.75) is 25.3 Å². The van der Waals surface area contributed by atoms with Crippen molar-refractivity contribution >= 4 is 5.91 Å². The number of rotatable bonds is 3. The molecule has 0 aromatic carbocycles. The van der Waals surface area contributed by atoms with Crippen molar-refractivity contribution in [3.63, 3.8) is 0 Å².